The summed E-state index contributed by atoms with van der Waals surface area (Å²) in [6.07, 6.45) is 2.30. The lowest BCUT2D eigenvalue weighted by Crippen LogP contribution is -2.38. The summed E-state index contributed by atoms with van der Waals surface area (Å²) in [4.78, 5) is 13.5. The van der Waals surface area contributed by atoms with Crippen LogP contribution in [-0.4, -0.2) is 43.6 Å². The van der Waals surface area contributed by atoms with Crippen molar-refractivity contribution in [2.75, 3.05) is 26.7 Å². The molecule has 0 heterocycles. The predicted molar refractivity (Wildman–Crippen MR) is 70.6 cm³/mol. The summed E-state index contributed by atoms with van der Waals surface area (Å²) < 4.78 is 5.52. The molecular weight excluding hydrogens is 228 g/mol. The van der Waals surface area contributed by atoms with Crippen molar-refractivity contribution < 1.29 is 9.53 Å². The summed E-state index contributed by atoms with van der Waals surface area (Å²) in [7, 11) is 1.88. The van der Waals surface area contributed by atoms with Gasteiger partial charge in [-0.15, -0.1) is 0 Å². The first-order valence-electron chi connectivity index (χ1n) is 6.41. The van der Waals surface area contributed by atoms with E-state index in [-0.39, 0.29) is 5.91 Å². The molecule has 4 nitrogen and oxygen atoms in total. The van der Waals surface area contributed by atoms with Gasteiger partial charge in [0.2, 0.25) is 5.91 Å². The molecule has 0 radical (unpaired) electrons. The van der Waals surface area contributed by atoms with E-state index in [4.69, 9.17) is 4.74 Å². The molecule has 1 aromatic carbocycles. The molecule has 4 heteroatoms. The van der Waals surface area contributed by atoms with Gasteiger partial charge in [-0.05, 0) is 25.0 Å². The number of amides is 1. The smallest absolute Gasteiger partial charge is 0.236 e. The van der Waals surface area contributed by atoms with E-state index in [0.29, 0.717) is 25.7 Å². The van der Waals surface area contributed by atoms with Crippen molar-refractivity contribution in [2.45, 2.75) is 18.9 Å². The molecule has 0 atom stereocenters. The summed E-state index contributed by atoms with van der Waals surface area (Å²) in [5, 5.41) is 3.10. The number of hydrogen-bond acceptors (Lipinski definition) is 3. The number of carbonyl (C=O) groups excluding carboxylic acids is 1. The summed E-state index contributed by atoms with van der Waals surface area (Å²) >= 11 is 0. The SMILES string of the molecule is CN(C(=O)CNCCOc1ccccc1)C1CC1. The molecule has 98 valence electrons. The second-order valence-electron chi connectivity index (χ2n) is 4.57. The molecule has 1 amide bonds. The van der Waals surface area contributed by atoms with Crippen LogP contribution in [0.3, 0.4) is 0 Å². The Morgan fingerprint density at radius 3 is 2.78 bits per heavy atom. The van der Waals surface area contributed by atoms with Gasteiger partial charge in [-0.2, -0.15) is 0 Å². The Kier molecular flexibility index (Phi) is 4.59. The van der Waals surface area contributed by atoms with E-state index < -0.39 is 0 Å². The van der Waals surface area contributed by atoms with Crippen LogP contribution in [0.25, 0.3) is 0 Å². The van der Waals surface area contributed by atoms with Crippen LogP contribution in [0.2, 0.25) is 0 Å². The van der Waals surface area contributed by atoms with Gasteiger partial charge in [0.15, 0.2) is 0 Å². The molecule has 2 rings (SSSR count). The number of nitrogens with zero attached hydrogens (tertiary/aromatic N) is 1. The Balaban J connectivity index is 1.54. The van der Waals surface area contributed by atoms with E-state index in [9.17, 15) is 4.79 Å². The highest BCUT2D eigenvalue weighted by atomic mass is 16.5. The van der Waals surface area contributed by atoms with Crippen molar-refractivity contribution in [3.05, 3.63) is 30.3 Å². The van der Waals surface area contributed by atoms with Crippen molar-refractivity contribution in [3.8, 4) is 5.75 Å². The Hall–Kier alpha value is -1.55. The molecule has 1 saturated carbocycles. The van der Waals surface area contributed by atoms with Crippen molar-refractivity contribution >= 4 is 5.91 Å². The van der Waals surface area contributed by atoms with E-state index in [1.807, 2.05) is 42.3 Å². The van der Waals surface area contributed by atoms with Crippen LogP contribution in [0.4, 0.5) is 0 Å². The van der Waals surface area contributed by atoms with Crippen molar-refractivity contribution in [1.29, 1.82) is 0 Å². The number of para-hydroxylation sites is 1. The van der Waals surface area contributed by atoms with Gasteiger partial charge in [-0.25, -0.2) is 0 Å². The minimum atomic E-state index is 0.164. The predicted octanol–water partition coefficient (Wildman–Crippen LogP) is 1.28. The first kappa shape index (κ1) is 12.9. The third-order valence-corrected chi connectivity index (χ3v) is 3.05. The number of nitrogens with one attached hydrogen (secondary N) is 1. The average molecular weight is 248 g/mol. The largest absolute Gasteiger partial charge is 0.492 e. The molecule has 0 aliphatic heterocycles. The van der Waals surface area contributed by atoms with Gasteiger partial charge in [0.1, 0.15) is 12.4 Å². The summed E-state index contributed by atoms with van der Waals surface area (Å²) in [6.45, 7) is 1.65. The van der Waals surface area contributed by atoms with Crippen LogP contribution in [0, 0.1) is 0 Å². The summed E-state index contributed by atoms with van der Waals surface area (Å²) in [5.41, 5.74) is 0. The topological polar surface area (TPSA) is 41.6 Å². The zero-order valence-electron chi connectivity index (χ0n) is 10.8. The van der Waals surface area contributed by atoms with Gasteiger partial charge in [0.05, 0.1) is 6.54 Å². The van der Waals surface area contributed by atoms with Gasteiger partial charge in [0.25, 0.3) is 0 Å². The van der Waals surface area contributed by atoms with Crippen LogP contribution in [0.5, 0.6) is 5.75 Å². The van der Waals surface area contributed by atoms with Gasteiger partial charge in [0, 0.05) is 19.6 Å². The third kappa shape index (κ3) is 4.04. The highest BCUT2D eigenvalue weighted by Gasteiger charge is 2.28. The standard InChI is InChI=1S/C14H20N2O2/c1-16(12-7-8-12)14(17)11-15-9-10-18-13-5-3-2-4-6-13/h2-6,12,15H,7-11H2,1H3. The number of carbonyl (C=O) groups is 1. The Morgan fingerprint density at radius 2 is 2.11 bits per heavy atom. The van der Waals surface area contributed by atoms with Crippen molar-refractivity contribution in [3.63, 3.8) is 0 Å². The van der Waals surface area contributed by atoms with Crippen LogP contribution >= 0.6 is 0 Å². The highest BCUT2D eigenvalue weighted by Crippen LogP contribution is 2.24. The van der Waals surface area contributed by atoms with E-state index in [2.05, 4.69) is 5.32 Å². The number of likely N-dealkylation sites (N-methyl/N-ethyl adjacent to an activating group) is 1. The van der Waals surface area contributed by atoms with E-state index in [1.54, 1.807) is 0 Å². The number of rotatable bonds is 7. The molecule has 18 heavy (non-hydrogen) atoms. The van der Waals surface area contributed by atoms with Crippen molar-refractivity contribution in [2.24, 2.45) is 0 Å². The quantitative estimate of drug-likeness (QED) is 0.739. The van der Waals surface area contributed by atoms with Crippen molar-refractivity contribution in [1.82, 2.24) is 10.2 Å². The Labute approximate surface area is 108 Å². The molecule has 0 aromatic heterocycles. The number of benzene rings is 1. The number of hydrogen-bond donors (Lipinski definition) is 1. The minimum Gasteiger partial charge on any atom is -0.492 e. The average Bonchev–Trinajstić information content (AvgIpc) is 3.23. The van der Waals surface area contributed by atoms with Crippen LogP contribution in [0.15, 0.2) is 30.3 Å². The molecule has 0 spiro atoms. The van der Waals surface area contributed by atoms with Gasteiger partial charge in [-0.3, -0.25) is 4.79 Å². The zero-order valence-corrected chi connectivity index (χ0v) is 10.8. The normalized spacial score (nSPS) is 14.3. The molecule has 1 N–H and O–H groups in total. The molecule has 1 aliphatic carbocycles. The molecular formula is C14H20N2O2. The lowest BCUT2D eigenvalue weighted by molar-refractivity contribution is -0.129. The van der Waals surface area contributed by atoms with E-state index in [0.717, 1.165) is 18.6 Å². The molecule has 1 fully saturated rings. The van der Waals surface area contributed by atoms with Crippen LogP contribution in [-0.2, 0) is 4.79 Å². The van der Waals surface area contributed by atoms with E-state index in [1.165, 1.54) is 0 Å². The fourth-order valence-corrected chi connectivity index (χ4v) is 1.74. The second-order valence-corrected chi connectivity index (χ2v) is 4.57. The van der Waals surface area contributed by atoms with Gasteiger partial charge >= 0.3 is 0 Å². The Bertz CT molecular complexity index is 377. The third-order valence-electron chi connectivity index (χ3n) is 3.05. The zero-order chi connectivity index (χ0) is 12.8. The summed E-state index contributed by atoms with van der Waals surface area (Å²) in [5.74, 6) is 1.03. The van der Waals surface area contributed by atoms with E-state index >= 15 is 0 Å². The van der Waals surface area contributed by atoms with Crippen LogP contribution < -0.4 is 10.1 Å². The maximum Gasteiger partial charge on any atom is 0.236 e. The van der Waals surface area contributed by atoms with Gasteiger partial charge < -0.3 is 15.0 Å². The molecule has 1 aliphatic rings. The Morgan fingerprint density at radius 1 is 1.39 bits per heavy atom. The maximum absolute atomic E-state index is 11.7. The lowest BCUT2D eigenvalue weighted by atomic mass is 10.3. The summed E-state index contributed by atoms with van der Waals surface area (Å²) in [6, 6.07) is 10.2. The number of ether oxygens (including phenoxy) is 1. The molecule has 0 unspecified atom stereocenters. The first-order valence-corrected chi connectivity index (χ1v) is 6.41. The molecule has 1 aromatic rings. The second kappa shape index (κ2) is 6.40. The lowest BCUT2D eigenvalue weighted by Gasteiger charge is -2.16. The highest BCUT2D eigenvalue weighted by molar-refractivity contribution is 5.78. The molecule has 0 saturated heterocycles. The van der Waals surface area contributed by atoms with Crippen LogP contribution in [0.1, 0.15) is 12.8 Å². The molecule has 0 bridgehead atoms. The maximum atomic E-state index is 11.7. The van der Waals surface area contributed by atoms with Gasteiger partial charge in [-0.1, -0.05) is 18.2 Å². The monoisotopic (exact) mass is 248 g/mol. The fraction of sp³-hybridized carbons (Fsp3) is 0.500. The fourth-order valence-electron chi connectivity index (χ4n) is 1.74. The minimum absolute atomic E-state index is 0.164. The first-order chi connectivity index (χ1) is 8.77.